The number of carboxylic acid groups (broad SMARTS) is 2. The highest BCUT2D eigenvalue weighted by Gasteiger charge is 2.39. The van der Waals surface area contributed by atoms with Gasteiger partial charge in [0.15, 0.2) is 0 Å². The van der Waals surface area contributed by atoms with Gasteiger partial charge in [-0.15, -0.1) is 0 Å². The average Bonchev–Trinajstić information content (AvgIpc) is 3.34. The second-order valence-corrected chi connectivity index (χ2v) is 14.8. The van der Waals surface area contributed by atoms with Gasteiger partial charge in [0.05, 0.1) is 12.7 Å². The molecule has 2 unspecified atom stereocenters. The van der Waals surface area contributed by atoms with Crippen LogP contribution in [0, 0.1) is 13.8 Å². The first-order chi connectivity index (χ1) is 25.4. The van der Waals surface area contributed by atoms with Crippen molar-refractivity contribution in [2.24, 2.45) is 0 Å². The summed E-state index contributed by atoms with van der Waals surface area (Å²) in [6.45, 7) is 20.9. The lowest BCUT2D eigenvalue weighted by molar-refractivity contribution is -0.879. The number of anilines is 1. The van der Waals surface area contributed by atoms with Gasteiger partial charge in [0.25, 0.3) is 0 Å². The first kappa shape index (κ1) is 45.5. The average molecular weight is 749 g/mol. The standard InChI is InChI=1S/C42H55ClN2O4.2C2H6/c1-30-14-12-17-35(28-30)32(3)44(25-10-6-8-18-39(46)47)27-24-34-16-13-15-33(41(34)43)21-23-38-42(4,5)36-29-31(2)20-22-37(36)45(38)26-11-7-9-19-40(48)49;2*1-2/h12,14,17,20-24,27-29,32H,6-11,13,15-16,18-19,25-26H2,1-5H3,(H,46,47)(H,48,49);2*1-2H3/p+1/b27-24+,33-21+,38-23+;;. The molecule has 1 aliphatic heterocycles. The van der Waals surface area contributed by atoms with Gasteiger partial charge in [-0.3, -0.25) is 9.59 Å². The molecule has 2 aromatic carbocycles. The van der Waals surface area contributed by atoms with Crippen molar-refractivity contribution in [1.82, 2.24) is 0 Å². The lowest BCUT2D eigenvalue weighted by Gasteiger charge is -2.27. The first-order valence-electron chi connectivity index (χ1n) is 20.1. The van der Waals surface area contributed by atoms with Crippen LogP contribution in [0.25, 0.3) is 0 Å². The molecule has 292 valence electrons. The highest BCUT2D eigenvalue weighted by atomic mass is 35.5. The van der Waals surface area contributed by atoms with Crippen molar-refractivity contribution >= 4 is 29.2 Å². The molecule has 0 radical (unpaired) electrons. The van der Waals surface area contributed by atoms with Gasteiger partial charge in [0.2, 0.25) is 0 Å². The highest BCUT2D eigenvalue weighted by molar-refractivity contribution is 6.32. The molecular formula is C46H68ClN2O4+. The van der Waals surface area contributed by atoms with E-state index in [1.807, 2.05) is 27.7 Å². The molecule has 0 saturated carbocycles. The van der Waals surface area contributed by atoms with Crippen molar-refractivity contribution in [2.75, 3.05) is 18.0 Å². The van der Waals surface area contributed by atoms with Gasteiger partial charge >= 0.3 is 11.9 Å². The minimum Gasteiger partial charge on any atom is -0.481 e. The van der Waals surface area contributed by atoms with Crippen LogP contribution < -0.4 is 9.80 Å². The normalized spacial score (nSPS) is 17.6. The van der Waals surface area contributed by atoms with Crippen LogP contribution in [0.4, 0.5) is 5.69 Å². The molecule has 2 atom stereocenters. The summed E-state index contributed by atoms with van der Waals surface area (Å²) in [5, 5.41) is 19.0. The van der Waals surface area contributed by atoms with Gasteiger partial charge in [-0.1, -0.05) is 113 Å². The SMILES string of the molecule is CC.CC.Cc1cccc(C(C)[NH+](/C=C/C2=C(Cl)C(=C/C=C3/N(CCCCCC(=O)O)c4ccc(C)cc4C3(C)C)/CCC2)CCCCCC(=O)O)c1. The second kappa shape index (κ2) is 23.2. The van der Waals surface area contributed by atoms with Crippen molar-refractivity contribution < 1.29 is 24.7 Å². The van der Waals surface area contributed by atoms with E-state index in [9.17, 15) is 9.59 Å². The van der Waals surface area contributed by atoms with Gasteiger partial charge in [0.1, 0.15) is 6.04 Å². The molecule has 2 aromatic rings. The van der Waals surface area contributed by atoms with Crippen LogP contribution in [-0.4, -0.2) is 35.2 Å². The molecule has 0 saturated heterocycles. The number of nitrogens with one attached hydrogen (secondary N) is 1. The fraction of sp³-hybridized carbons (Fsp3) is 0.522. The number of hydrogen-bond donors (Lipinski definition) is 3. The molecule has 2 aliphatic rings. The Bertz CT molecular complexity index is 1600. The van der Waals surface area contributed by atoms with Crippen LogP contribution >= 0.6 is 11.6 Å². The number of unbranched alkanes of at least 4 members (excludes halogenated alkanes) is 4. The van der Waals surface area contributed by atoms with Crippen molar-refractivity contribution in [2.45, 2.75) is 144 Å². The molecule has 53 heavy (non-hydrogen) atoms. The van der Waals surface area contributed by atoms with Gasteiger partial charge in [-0.2, -0.15) is 0 Å². The third-order valence-corrected chi connectivity index (χ3v) is 10.7. The monoisotopic (exact) mass is 747 g/mol. The van der Waals surface area contributed by atoms with Gasteiger partial charge in [0, 0.05) is 46.8 Å². The maximum absolute atomic E-state index is 11.0. The molecule has 1 heterocycles. The number of hydrogen-bond acceptors (Lipinski definition) is 3. The third kappa shape index (κ3) is 13.6. The topological polar surface area (TPSA) is 82.3 Å². The van der Waals surface area contributed by atoms with E-state index in [1.165, 1.54) is 38.5 Å². The Labute approximate surface area is 326 Å². The van der Waals surface area contributed by atoms with E-state index < -0.39 is 11.9 Å². The van der Waals surface area contributed by atoms with E-state index >= 15 is 0 Å². The van der Waals surface area contributed by atoms with Gasteiger partial charge in [-0.25, -0.2) is 0 Å². The third-order valence-electron chi connectivity index (χ3n) is 10.2. The fourth-order valence-corrected chi connectivity index (χ4v) is 7.54. The largest absolute Gasteiger partial charge is 0.481 e. The predicted molar refractivity (Wildman–Crippen MR) is 224 cm³/mol. The van der Waals surface area contributed by atoms with Crippen LogP contribution in [0.1, 0.15) is 147 Å². The lowest BCUT2D eigenvalue weighted by atomic mass is 9.83. The maximum atomic E-state index is 11.0. The first-order valence-corrected chi connectivity index (χ1v) is 20.5. The number of nitrogens with zero attached hydrogens (tertiary/aromatic N) is 1. The Morgan fingerprint density at radius 3 is 2.15 bits per heavy atom. The van der Waals surface area contributed by atoms with E-state index in [2.05, 4.69) is 106 Å². The Morgan fingerprint density at radius 2 is 1.51 bits per heavy atom. The predicted octanol–water partition coefficient (Wildman–Crippen LogP) is 11.4. The minimum absolute atomic E-state index is 0.173. The zero-order valence-corrected chi connectivity index (χ0v) is 34.9. The summed E-state index contributed by atoms with van der Waals surface area (Å²) in [6, 6.07) is 15.7. The zero-order valence-electron chi connectivity index (χ0n) is 34.2. The number of allylic oxidation sites excluding steroid dienone is 7. The summed E-state index contributed by atoms with van der Waals surface area (Å²) in [7, 11) is 0. The number of aryl methyl sites for hydroxylation is 2. The molecule has 7 heteroatoms. The Kier molecular flexibility index (Phi) is 20.0. The summed E-state index contributed by atoms with van der Waals surface area (Å²) >= 11 is 7.18. The summed E-state index contributed by atoms with van der Waals surface area (Å²) in [6.07, 6.45) is 17.4. The number of fused-ring (bicyclic) bond motifs is 1. The Morgan fingerprint density at radius 1 is 0.868 bits per heavy atom. The van der Waals surface area contributed by atoms with Crippen molar-refractivity contribution in [3.63, 3.8) is 0 Å². The fourth-order valence-electron chi connectivity index (χ4n) is 7.23. The zero-order chi connectivity index (χ0) is 39.6. The summed E-state index contributed by atoms with van der Waals surface area (Å²) in [4.78, 5) is 25.8. The Balaban J connectivity index is 0.00000235. The lowest BCUT2D eigenvalue weighted by Crippen LogP contribution is -3.07. The quantitative estimate of drug-likeness (QED) is 0.140. The van der Waals surface area contributed by atoms with Crippen LogP contribution in [0.15, 0.2) is 88.8 Å². The molecule has 3 N–H and O–H groups in total. The van der Waals surface area contributed by atoms with E-state index in [-0.39, 0.29) is 24.3 Å². The molecule has 0 bridgehead atoms. The number of carboxylic acids is 2. The number of halogens is 1. The summed E-state index contributed by atoms with van der Waals surface area (Å²) < 4.78 is 0. The molecule has 0 fully saturated rings. The van der Waals surface area contributed by atoms with E-state index in [0.29, 0.717) is 12.8 Å². The molecule has 0 amide bonds. The number of benzene rings is 2. The molecule has 6 nitrogen and oxygen atoms in total. The number of aliphatic carboxylic acids is 2. The molecule has 4 rings (SSSR count). The Hall–Kier alpha value is -3.61. The minimum atomic E-state index is -0.732. The van der Waals surface area contributed by atoms with Crippen molar-refractivity contribution in [1.29, 1.82) is 0 Å². The van der Waals surface area contributed by atoms with Crippen molar-refractivity contribution in [3.05, 3.63) is 111 Å². The maximum Gasteiger partial charge on any atom is 0.303 e. The number of quaternary nitrogens is 1. The van der Waals surface area contributed by atoms with Crippen LogP contribution in [-0.2, 0) is 15.0 Å². The molecule has 0 aromatic heterocycles. The molecular weight excluding hydrogens is 680 g/mol. The van der Waals surface area contributed by atoms with E-state index in [4.69, 9.17) is 21.8 Å². The molecule has 0 spiro atoms. The van der Waals surface area contributed by atoms with E-state index in [0.717, 1.165) is 74.2 Å². The van der Waals surface area contributed by atoms with Crippen LogP contribution in [0.2, 0.25) is 0 Å². The second-order valence-electron chi connectivity index (χ2n) is 14.4. The molecule has 1 aliphatic carbocycles. The van der Waals surface area contributed by atoms with Gasteiger partial charge < -0.3 is 20.0 Å². The summed E-state index contributed by atoms with van der Waals surface area (Å²) in [5.41, 5.74) is 9.74. The van der Waals surface area contributed by atoms with Crippen LogP contribution in [0.5, 0.6) is 0 Å². The van der Waals surface area contributed by atoms with E-state index in [1.54, 1.807) is 0 Å². The number of carbonyl (C=O) groups is 2. The van der Waals surface area contributed by atoms with Crippen LogP contribution in [0.3, 0.4) is 0 Å². The summed E-state index contributed by atoms with van der Waals surface area (Å²) in [5.74, 6) is -1.46. The van der Waals surface area contributed by atoms with Crippen molar-refractivity contribution in [3.8, 4) is 0 Å². The highest BCUT2D eigenvalue weighted by Crippen LogP contribution is 2.48. The number of rotatable bonds is 17. The smallest absolute Gasteiger partial charge is 0.303 e. The van der Waals surface area contributed by atoms with Gasteiger partial charge in [-0.05, 0) is 107 Å².